The van der Waals surface area contributed by atoms with Gasteiger partial charge in [0.25, 0.3) is 0 Å². The minimum absolute atomic E-state index is 0.0507. The van der Waals surface area contributed by atoms with Gasteiger partial charge in [-0.3, -0.25) is 14.4 Å². The molecule has 3 rings (SSSR count). The van der Waals surface area contributed by atoms with Crippen LogP contribution < -0.4 is 0 Å². The van der Waals surface area contributed by atoms with E-state index >= 15 is 0 Å². The van der Waals surface area contributed by atoms with Crippen molar-refractivity contribution in [1.29, 1.82) is 0 Å². The van der Waals surface area contributed by atoms with Gasteiger partial charge in [0.2, 0.25) is 0 Å². The van der Waals surface area contributed by atoms with E-state index in [0.717, 1.165) is 12.8 Å². The van der Waals surface area contributed by atoms with Gasteiger partial charge in [0.1, 0.15) is 0 Å². The summed E-state index contributed by atoms with van der Waals surface area (Å²) in [6, 6.07) is -0.101. The van der Waals surface area contributed by atoms with Gasteiger partial charge in [0.15, 0.2) is 0 Å². The molecule has 3 fully saturated rings. The highest BCUT2D eigenvalue weighted by Gasteiger charge is 2.45. The van der Waals surface area contributed by atoms with Crippen LogP contribution in [0.2, 0.25) is 0 Å². The quantitative estimate of drug-likeness (QED) is 0.655. The average Bonchev–Trinajstić information content (AvgIpc) is 2.77. The van der Waals surface area contributed by atoms with Crippen molar-refractivity contribution >= 4 is 17.8 Å². The molecule has 3 aliphatic rings. The Bertz CT molecular complexity index is 480. The van der Waals surface area contributed by atoms with Crippen molar-refractivity contribution in [3.63, 3.8) is 0 Å². The van der Waals surface area contributed by atoms with Crippen LogP contribution in [0, 0.1) is 5.92 Å². The number of aliphatic hydroxyl groups is 1. The maximum Gasteiger partial charge on any atom is 0.312 e. The summed E-state index contributed by atoms with van der Waals surface area (Å²) in [5, 5.41) is 18.9. The van der Waals surface area contributed by atoms with Gasteiger partial charge in [-0.2, -0.15) is 0 Å². The van der Waals surface area contributed by atoms with Crippen LogP contribution in [-0.2, 0) is 14.4 Å². The van der Waals surface area contributed by atoms with E-state index < -0.39 is 23.7 Å². The third kappa shape index (κ3) is 2.69. The molecule has 3 saturated heterocycles. The van der Waals surface area contributed by atoms with Crippen molar-refractivity contribution in [2.75, 3.05) is 13.1 Å². The molecule has 0 aromatic rings. The Balaban J connectivity index is 1.67. The first kappa shape index (κ1) is 15.3. The van der Waals surface area contributed by atoms with Crippen molar-refractivity contribution in [3.05, 3.63) is 0 Å². The highest BCUT2D eigenvalue weighted by Crippen LogP contribution is 2.36. The van der Waals surface area contributed by atoms with E-state index in [2.05, 4.69) is 0 Å². The Hall–Kier alpha value is -1.63. The molecular formula is C15H22N2O5. The standard InChI is InChI=1S/C15H22N2O5/c18-12-6-10-3-4-11(7-12)17(10)14(20)13(19)16-5-1-2-9(8-16)15(21)22/h9-12,18H,1-8H2,(H,21,22)/t9-,10-,11+,12?/m1/s1. The zero-order chi connectivity index (χ0) is 15.9. The number of nitrogens with zero attached hydrogens (tertiary/aromatic N) is 2. The Morgan fingerprint density at radius 2 is 1.59 bits per heavy atom. The van der Waals surface area contributed by atoms with E-state index in [4.69, 9.17) is 5.11 Å². The molecule has 1 unspecified atom stereocenters. The van der Waals surface area contributed by atoms with Crippen molar-refractivity contribution in [2.45, 2.75) is 56.7 Å². The summed E-state index contributed by atoms with van der Waals surface area (Å²) in [6.45, 7) is 0.561. The predicted octanol–water partition coefficient (Wildman–Crippen LogP) is -0.176. The van der Waals surface area contributed by atoms with E-state index in [0.29, 0.717) is 32.2 Å². The van der Waals surface area contributed by atoms with E-state index in [-0.39, 0.29) is 24.7 Å². The fraction of sp³-hybridized carbons (Fsp3) is 0.800. The van der Waals surface area contributed by atoms with Gasteiger partial charge in [-0.25, -0.2) is 0 Å². The van der Waals surface area contributed by atoms with Gasteiger partial charge in [0.05, 0.1) is 12.0 Å². The molecule has 0 aromatic heterocycles. The number of piperidine rings is 2. The summed E-state index contributed by atoms with van der Waals surface area (Å²) in [4.78, 5) is 39.1. The van der Waals surface area contributed by atoms with Crippen molar-refractivity contribution in [3.8, 4) is 0 Å². The summed E-state index contributed by atoms with van der Waals surface area (Å²) in [5.41, 5.74) is 0. The number of likely N-dealkylation sites (tertiary alicyclic amines) is 1. The molecular weight excluding hydrogens is 288 g/mol. The first-order chi connectivity index (χ1) is 10.5. The topological polar surface area (TPSA) is 98.2 Å². The van der Waals surface area contributed by atoms with Crippen LogP contribution >= 0.6 is 0 Å². The van der Waals surface area contributed by atoms with Crippen LogP contribution in [0.25, 0.3) is 0 Å². The second kappa shape index (κ2) is 5.87. The van der Waals surface area contributed by atoms with Crippen LogP contribution in [0.3, 0.4) is 0 Å². The van der Waals surface area contributed by atoms with Crippen molar-refractivity contribution < 1.29 is 24.6 Å². The number of carboxylic acids is 1. The molecule has 4 atom stereocenters. The molecule has 0 radical (unpaired) electrons. The van der Waals surface area contributed by atoms with Crippen molar-refractivity contribution in [1.82, 2.24) is 9.80 Å². The highest BCUT2D eigenvalue weighted by molar-refractivity contribution is 6.35. The lowest BCUT2D eigenvalue weighted by atomic mass is 9.97. The molecule has 2 N–H and O–H groups in total. The maximum atomic E-state index is 12.5. The number of amides is 2. The van der Waals surface area contributed by atoms with Crippen LogP contribution in [0.15, 0.2) is 0 Å². The Morgan fingerprint density at radius 1 is 0.955 bits per heavy atom. The lowest BCUT2D eigenvalue weighted by Gasteiger charge is -2.38. The molecule has 2 bridgehead atoms. The molecule has 3 aliphatic heterocycles. The average molecular weight is 310 g/mol. The third-order valence-corrected chi connectivity index (χ3v) is 5.18. The van der Waals surface area contributed by atoms with E-state index in [1.807, 2.05) is 0 Å². The number of hydrogen-bond acceptors (Lipinski definition) is 4. The molecule has 122 valence electrons. The molecule has 7 heteroatoms. The summed E-state index contributed by atoms with van der Waals surface area (Å²) >= 11 is 0. The number of carboxylic acid groups (broad SMARTS) is 1. The SMILES string of the molecule is O=C(O)[C@@H]1CCCN(C(=O)C(=O)N2[C@@H]3CC[C@H]2CC(O)C3)C1. The van der Waals surface area contributed by atoms with E-state index in [1.54, 1.807) is 4.90 Å². The van der Waals surface area contributed by atoms with E-state index in [9.17, 15) is 19.5 Å². The first-order valence-electron chi connectivity index (χ1n) is 7.99. The molecule has 22 heavy (non-hydrogen) atoms. The maximum absolute atomic E-state index is 12.5. The normalized spacial score (nSPS) is 34.6. The summed E-state index contributed by atoms with van der Waals surface area (Å²) < 4.78 is 0. The minimum atomic E-state index is -0.911. The lowest BCUT2D eigenvalue weighted by molar-refractivity contribution is -0.158. The largest absolute Gasteiger partial charge is 0.481 e. The van der Waals surface area contributed by atoms with Gasteiger partial charge in [-0.1, -0.05) is 0 Å². The molecule has 7 nitrogen and oxygen atoms in total. The number of carbonyl (C=O) groups is 3. The number of fused-ring (bicyclic) bond motifs is 2. The highest BCUT2D eigenvalue weighted by atomic mass is 16.4. The lowest BCUT2D eigenvalue weighted by Crippen LogP contribution is -2.55. The first-order valence-corrected chi connectivity index (χ1v) is 7.99. The zero-order valence-corrected chi connectivity index (χ0v) is 12.5. The van der Waals surface area contributed by atoms with Crippen LogP contribution in [-0.4, -0.2) is 69.1 Å². The number of aliphatic hydroxyl groups excluding tert-OH is 1. The molecule has 3 heterocycles. The summed E-state index contributed by atoms with van der Waals surface area (Å²) in [7, 11) is 0. The zero-order valence-electron chi connectivity index (χ0n) is 12.5. The number of aliphatic carboxylic acids is 1. The Labute approximate surface area is 128 Å². The summed E-state index contributed by atoms with van der Waals surface area (Å²) in [6.07, 6.45) is 3.51. The molecule has 2 amide bonds. The Morgan fingerprint density at radius 3 is 2.18 bits per heavy atom. The van der Waals surface area contributed by atoms with Gasteiger partial charge in [-0.05, 0) is 38.5 Å². The fourth-order valence-corrected chi connectivity index (χ4v) is 4.09. The number of rotatable bonds is 1. The van der Waals surface area contributed by atoms with Gasteiger partial charge < -0.3 is 20.0 Å². The van der Waals surface area contributed by atoms with Gasteiger partial charge in [0, 0.05) is 25.2 Å². The minimum Gasteiger partial charge on any atom is -0.481 e. The van der Waals surface area contributed by atoms with Crippen LogP contribution in [0.1, 0.15) is 38.5 Å². The molecule has 0 aliphatic carbocycles. The monoisotopic (exact) mass is 310 g/mol. The van der Waals surface area contributed by atoms with Crippen LogP contribution in [0.4, 0.5) is 0 Å². The molecule has 0 saturated carbocycles. The molecule has 0 spiro atoms. The van der Waals surface area contributed by atoms with Gasteiger partial charge in [-0.15, -0.1) is 0 Å². The third-order valence-electron chi connectivity index (χ3n) is 5.18. The molecule has 0 aromatic carbocycles. The number of hydrogen-bond donors (Lipinski definition) is 2. The number of carbonyl (C=O) groups excluding carboxylic acids is 2. The van der Waals surface area contributed by atoms with Gasteiger partial charge >= 0.3 is 17.8 Å². The predicted molar refractivity (Wildman–Crippen MR) is 75.8 cm³/mol. The smallest absolute Gasteiger partial charge is 0.312 e. The van der Waals surface area contributed by atoms with Crippen LogP contribution in [0.5, 0.6) is 0 Å². The second-order valence-electron chi connectivity index (χ2n) is 6.65. The summed E-state index contributed by atoms with van der Waals surface area (Å²) in [5.74, 6) is -2.60. The fourth-order valence-electron chi connectivity index (χ4n) is 4.09. The van der Waals surface area contributed by atoms with E-state index in [1.165, 1.54) is 4.90 Å². The van der Waals surface area contributed by atoms with Crippen molar-refractivity contribution in [2.24, 2.45) is 5.92 Å². The second-order valence-corrected chi connectivity index (χ2v) is 6.65. The Kier molecular flexibility index (Phi) is 4.08.